The van der Waals surface area contributed by atoms with E-state index in [1.165, 1.54) is 0 Å². The molecule has 228 valence electrons. The second-order valence-electron chi connectivity index (χ2n) is 11.3. The third-order valence-electron chi connectivity index (χ3n) is 7.69. The van der Waals surface area contributed by atoms with Gasteiger partial charge in [-0.05, 0) is 49.4 Å². The summed E-state index contributed by atoms with van der Waals surface area (Å²) in [6, 6.07) is 28.7. The maximum absolute atomic E-state index is 13.3. The number of carbonyl (C=O) groups is 2. The minimum absolute atomic E-state index is 0.225. The number of anilines is 2. The lowest BCUT2D eigenvalue weighted by atomic mass is 9.99. The number of pyridine rings is 1. The lowest BCUT2D eigenvalue weighted by Crippen LogP contribution is -2.33. The molecule has 4 aromatic rings. The third kappa shape index (κ3) is 7.71. The standard InChI is InChI=1S/C35H38N4O4S/c1-3-19-39(23-26-9-5-4-6-10-26)34-21-29(36-22-28(24-40)27-15-13-25(2)14-16-27)20-33(37-34)31-11-7-8-12-32(31)35(41)38-44(42,43)30-17-18-30/h4-16,20-21,24,28,30H,3,17-19,22-23H2,1-2H3,(H,36,37)(H,38,41). The minimum Gasteiger partial charge on any atom is -0.384 e. The lowest BCUT2D eigenvalue weighted by molar-refractivity contribution is -0.108. The predicted octanol–water partition coefficient (Wildman–Crippen LogP) is 6.09. The van der Waals surface area contributed by atoms with Crippen LogP contribution in [-0.2, 0) is 21.4 Å². The van der Waals surface area contributed by atoms with E-state index in [0.717, 1.165) is 41.6 Å². The topological polar surface area (TPSA) is 108 Å². The lowest BCUT2D eigenvalue weighted by Gasteiger charge is -2.25. The van der Waals surface area contributed by atoms with Crippen LogP contribution in [0, 0.1) is 6.92 Å². The van der Waals surface area contributed by atoms with E-state index >= 15 is 0 Å². The molecule has 1 amide bonds. The van der Waals surface area contributed by atoms with Gasteiger partial charge in [-0.15, -0.1) is 0 Å². The average Bonchev–Trinajstić information content (AvgIpc) is 3.89. The SMILES string of the molecule is CCCN(Cc1ccccc1)c1cc(NCC(C=O)c2ccc(C)cc2)cc(-c2ccccc2C(=O)NS(=O)(=O)C2CC2)n1. The van der Waals surface area contributed by atoms with Crippen molar-refractivity contribution in [3.05, 3.63) is 113 Å². The number of aromatic nitrogens is 1. The summed E-state index contributed by atoms with van der Waals surface area (Å²) in [6.45, 7) is 5.86. The van der Waals surface area contributed by atoms with Gasteiger partial charge in [0, 0.05) is 42.5 Å². The summed E-state index contributed by atoms with van der Waals surface area (Å²) in [6.07, 6.45) is 2.95. The van der Waals surface area contributed by atoms with Crippen molar-refractivity contribution in [2.24, 2.45) is 0 Å². The number of amides is 1. The molecule has 0 saturated heterocycles. The van der Waals surface area contributed by atoms with Crippen LogP contribution in [-0.4, -0.2) is 43.9 Å². The Bertz CT molecular complexity index is 1700. The summed E-state index contributed by atoms with van der Waals surface area (Å²) in [5.74, 6) is -0.337. The van der Waals surface area contributed by atoms with E-state index in [9.17, 15) is 18.0 Å². The summed E-state index contributed by atoms with van der Waals surface area (Å²) in [7, 11) is -3.73. The fraction of sp³-hybridized carbons (Fsp3) is 0.286. The Morgan fingerprint density at radius 3 is 2.39 bits per heavy atom. The number of nitrogens with zero attached hydrogens (tertiary/aromatic N) is 2. The molecule has 0 bridgehead atoms. The third-order valence-corrected chi connectivity index (χ3v) is 9.51. The minimum atomic E-state index is -3.73. The summed E-state index contributed by atoms with van der Waals surface area (Å²) in [5, 5.41) is 2.92. The second kappa shape index (κ2) is 13.9. The van der Waals surface area contributed by atoms with E-state index in [1.54, 1.807) is 24.3 Å². The van der Waals surface area contributed by atoms with Crippen LogP contribution in [0.5, 0.6) is 0 Å². The zero-order chi connectivity index (χ0) is 31.1. The Morgan fingerprint density at radius 1 is 1.00 bits per heavy atom. The molecule has 2 N–H and O–H groups in total. The van der Waals surface area contributed by atoms with Crippen molar-refractivity contribution >= 4 is 33.7 Å². The molecule has 1 unspecified atom stereocenters. The molecule has 1 aromatic heterocycles. The van der Waals surface area contributed by atoms with Crippen LogP contribution in [0.2, 0.25) is 0 Å². The molecule has 5 rings (SSSR count). The Hall–Kier alpha value is -4.50. The van der Waals surface area contributed by atoms with Crippen molar-refractivity contribution < 1.29 is 18.0 Å². The van der Waals surface area contributed by atoms with Crippen molar-refractivity contribution in [3.63, 3.8) is 0 Å². The first-order valence-electron chi connectivity index (χ1n) is 15.0. The molecular formula is C35H38N4O4S. The zero-order valence-electron chi connectivity index (χ0n) is 25.1. The molecule has 1 atom stereocenters. The largest absolute Gasteiger partial charge is 0.384 e. The molecule has 9 heteroatoms. The molecule has 0 aliphatic heterocycles. The van der Waals surface area contributed by atoms with Gasteiger partial charge in [0.2, 0.25) is 10.0 Å². The maximum atomic E-state index is 13.3. The molecule has 1 aliphatic carbocycles. The Morgan fingerprint density at radius 2 is 1.70 bits per heavy atom. The van der Waals surface area contributed by atoms with Crippen LogP contribution in [0.3, 0.4) is 0 Å². The molecule has 8 nitrogen and oxygen atoms in total. The highest BCUT2D eigenvalue weighted by molar-refractivity contribution is 7.91. The molecule has 1 heterocycles. The average molecular weight is 611 g/mol. The molecule has 0 spiro atoms. The Balaban J connectivity index is 1.52. The highest BCUT2D eigenvalue weighted by Crippen LogP contribution is 2.31. The first kappa shape index (κ1) is 30.9. The van der Waals surface area contributed by atoms with Crippen molar-refractivity contribution in [1.29, 1.82) is 0 Å². The number of hydrogen-bond acceptors (Lipinski definition) is 7. The number of hydrogen-bond donors (Lipinski definition) is 2. The number of benzene rings is 3. The number of carbonyl (C=O) groups excluding carboxylic acids is 2. The van der Waals surface area contributed by atoms with Crippen LogP contribution in [0.4, 0.5) is 11.5 Å². The maximum Gasteiger partial charge on any atom is 0.265 e. The summed E-state index contributed by atoms with van der Waals surface area (Å²) in [5.41, 5.74) is 5.17. The van der Waals surface area contributed by atoms with E-state index in [-0.39, 0.29) is 11.5 Å². The van der Waals surface area contributed by atoms with Gasteiger partial charge in [-0.1, -0.05) is 85.3 Å². The number of sulfonamides is 1. The number of aldehydes is 1. The highest BCUT2D eigenvalue weighted by atomic mass is 32.2. The van der Waals surface area contributed by atoms with Crippen LogP contribution in [0.15, 0.2) is 91.0 Å². The first-order valence-corrected chi connectivity index (χ1v) is 16.5. The zero-order valence-corrected chi connectivity index (χ0v) is 25.9. The predicted molar refractivity (Wildman–Crippen MR) is 175 cm³/mol. The van der Waals surface area contributed by atoms with E-state index in [2.05, 4.69) is 34.0 Å². The quantitative estimate of drug-likeness (QED) is 0.166. The Labute approximate surface area is 259 Å². The van der Waals surface area contributed by atoms with Gasteiger partial charge in [-0.2, -0.15) is 0 Å². The van der Waals surface area contributed by atoms with Gasteiger partial charge >= 0.3 is 0 Å². The molecule has 3 aromatic carbocycles. The van der Waals surface area contributed by atoms with Gasteiger partial charge in [0.25, 0.3) is 5.91 Å². The van der Waals surface area contributed by atoms with E-state index < -0.39 is 21.2 Å². The van der Waals surface area contributed by atoms with Gasteiger partial charge in [-0.3, -0.25) is 4.79 Å². The van der Waals surface area contributed by atoms with Crippen LogP contribution >= 0.6 is 0 Å². The normalized spacial score (nSPS) is 13.6. The van der Waals surface area contributed by atoms with Crippen molar-refractivity contribution in [3.8, 4) is 11.3 Å². The molecule has 1 saturated carbocycles. The van der Waals surface area contributed by atoms with E-state index in [1.807, 2.05) is 61.5 Å². The van der Waals surface area contributed by atoms with Gasteiger partial charge in [0.05, 0.1) is 16.9 Å². The van der Waals surface area contributed by atoms with Gasteiger partial charge in [0.15, 0.2) is 0 Å². The number of nitrogens with one attached hydrogen (secondary N) is 2. The Kier molecular flexibility index (Phi) is 9.75. The van der Waals surface area contributed by atoms with E-state index in [0.29, 0.717) is 43.0 Å². The fourth-order valence-corrected chi connectivity index (χ4v) is 6.39. The first-order chi connectivity index (χ1) is 21.3. The number of aryl methyl sites for hydroxylation is 1. The molecule has 44 heavy (non-hydrogen) atoms. The van der Waals surface area contributed by atoms with Gasteiger partial charge in [-0.25, -0.2) is 18.1 Å². The van der Waals surface area contributed by atoms with Gasteiger partial charge < -0.3 is 15.0 Å². The molecule has 0 radical (unpaired) electrons. The monoisotopic (exact) mass is 610 g/mol. The van der Waals surface area contributed by atoms with Crippen LogP contribution in [0.25, 0.3) is 11.3 Å². The molecular weight excluding hydrogens is 572 g/mol. The molecule has 1 fully saturated rings. The smallest absolute Gasteiger partial charge is 0.265 e. The second-order valence-corrected chi connectivity index (χ2v) is 13.2. The van der Waals surface area contributed by atoms with Crippen molar-refractivity contribution in [1.82, 2.24) is 9.71 Å². The van der Waals surface area contributed by atoms with Crippen LogP contribution in [0.1, 0.15) is 59.2 Å². The molecule has 1 aliphatic rings. The summed E-state index contributed by atoms with van der Waals surface area (Å²) < 4.78 is 27.4. The van der Waals surface area contributed by atoms with Crippen LogP contribution < -0.4 is 14.9 Å². The highest BCUT2D eigenvalue weighted by Gasteiger charge is 2.37. The number of rotatable bonds is 14. The summed E-state index contributed by atoms with van der Waals surface area (Å²) >= 11 is 0. The van der Waals surface area contributed by atoms with E-state index in [4.69, 9.17) is 4.98 Å². The summed E-state index contributed by atoms with van der Waals surface area (Å²) in [4.78, 5) is 32.6. The van der Waals surface area contributed by atoms with Gasteiger partial charge in [0.1, 0.15) is 12.1 Å². The van der Waals surface area contributed by atoms with Crippen molar-refractivity contribution in [2.75, 3.05) is 23.3 Å². The fourth-order valence-electron chi connectivity index (χ4n) is 5.10. The van der Waals surface area contributed by atoms with Crippen molar-refractivity contribution in [2.45, 2.75) is 50.8 Å².